The molecule has 2 heterocycles. The minimum absolute atomic E-state index is 0.218. The number of para-hydroxylation sites is 2. The molecule has 108 valence electrons. The zero-order valence-electron chi connectivity index (χ0n) is 11.1. The van der Waals surface area contributed by atoms with E-state index in [9.17, 15) is 4.79 Å². The molecule has 0 amide bonds. The van der Waals surface area contributed by atoms with Crippen LogP contribution >= 0.6 is 47.1 Å². The highest BCUT2D eigenvalue weighted by Crippen LogP contribution is 2.27. The maximum Gasteiger partial charge on any atom is 0.340 e. The van der Waals surface area contributed by atoms with Gasteiger partial charge < -0.3 is 0 Å². The van der Waals surface area contributed by atoms with E-state index in [1.54, 1.807) is 9.13 Å². The molecule has 4 aromatic rings. The largest absolute Gasteiger partial charge is 0.340 e. The van der Waals surface area contributed by atoms with E-state index in [0.717, 1.165) is 20.4 Å². The fraction of sp³-hybridized carbons (Fsp3) is 0. The second kappa shape index (κ2) is 5.20. The zero-order chi connectivity index (χ0) is 15.3. The van der Waals surface area contributed by atoms with Gasteiger partial charge in [-0.3, -0.25) is 0 Å². The molecular formula is C15H8N2OS4. The molecule has 0 radical (unpaired) electrons. The topological polar surface area (TPSA) is 26.9 Å². The van der Waals surface area contributed by atoms with Crippen molar-refractivity contribution in [2.24, 2.45) is 0 Å². The molecule has 0 spiro atoms. The molecule has 0 saturated heterocycles. The van der Waals surface area contributed by atoms with E-state index in [2.05, 4.69) is 0 Å². The van der Waals surface area contributed by atoms with Gasteiger partial charge >= 0.3 is 6.03 Å². The summed E-state index contributed by atoms with van der Waals surface area (Å²) in [6.07, 6.45) is 0. The Morgan fingerprint density at radius 2 is 1.18 bits per heavy atom. The Kier molecular flexibility index (Phi) is 3.30. The fourth-order valence-electron chi connectivity index (χ4n) is 2.39. The van der Waals surface area contributed by atoms with Crippen LogP contribution in [0, 0.1) is 7.91 Å². The normalized spacial score (nSPS) is 11.3. The number of hydrogen-bond donors (Lipinski definition) is 0. The third-order valence-corrected chi connectivity index (χ3v) is 6.06. The van der Waals surface area contributed by atoms with E-state index in [1.165, 1.54) is 22.7 Å². The summed E-state index contributed by atoms with van der Waals surface area (Å²) in [5, 5.41) is 0. The maximum atomic E-state index is 13.0. The van der Waals surface area contributed by atoms with E-state index < -0.39 is 0 Å². The van der Waals surface area contributed by atoms with Crippen molar-refractivity contribution in [2.75, 3.05) is 0 Å². The third kappa shape index (κ3) is 2.01. The SMILES string of the molecule is O=C(n1c(=S)sc2ccccc21)n1c(=S)sc2ccccc21. The molecule has 3 nitrogen and oxygen atoms in total. The summed E-state index contributed by atoms with van der Waals surface area (Å²) in [4.78, 5) is 13.0. The van der Waals surface area contributed by atoms with Crippen LogP contribution in [-0.4, -0.2) is 15.2 Å². The van der Waals surface area contributed by atoms with Crippen molar-refractivity contribution in [3.8, 4) is 0 Å². The van der Waals surface area contributed by atoms with Gasteiger partial charge in [0.05, 0.1) is 20.4 Å². The summed E-state index contributed by atoms with van der Waals surface area (Å²) in [5.74, 6) is 0. The number of carbonyl (C=O) groups is 1. The Labute approximate surface area is 143 Å². The van der Waals surface area contributed by atoms with Crippen LogP contribution in [-0.2, 0) is 0 Å². The summed E-state index contributed by atoms with van der Waals surface area (Å²) >= 11 is 13.6. The highest BCUT2D eigenvalue weighted by atomic mass is 32.2. The van der Waals surface area contributed by atoms with Crippen LogP contribution in [0.2, 0.25) is 0 Å². The molecule has 4 rings (SSSR count). The summed E-state index contributed by atoms with van der Waals surface area (Å²) in [6.45, 7) is 0. The number of hydrogen-bond acceptors (Lipinski definition) is 5. The summed E-state index contributed by atoms with van der Waals surface area (Å²) in [6, 6.07) is 15.2. The van der Waals surface area contributed by atoms with Crippen LogP contribution < -0.4 is 0 Å². The number of benzene rings is 2. The van der Waals surface area contributed by atoms with Gasteiger partial charge in [-0.15, -0.1) is 22.7 Å². The van der Waals surface area contributed by atoms with Crippen LogP contribution in [0.4, 0.5) is 4.79 Å². The van der Waals surface area contributed by atoms with Crippen LogP contribution in [0.3, 0.4) is 0 Å². The summed E-state index contributed by atoms with van der Waals surface area (Å²) in [7, 11) is 0. The first kappa shape index (κ1) is 14.0. The Bertz CT molecular complexity index is 1060. The Balaban J connectivity index is 2.05. The van der Waals surface area contributed by atoms with E-state index in [0.29, 0.717) is 7.91 Å². The van der Waals surface area contributed by atoms with Gasteiger partial charge in [-0.25, -0.2) is 13.9 Å². The first-order valence-corrected chi connectivity index (χ1v) is 8.87. The van der Waals surface area contributed by atoms with Gasteiger partial charge in [0.15, 0.2) is 7.91 Å². The molecule has 0 aliphatic carbocycles. The van der Waals surface area contributed by atoms with Crippen molar-refractivity contribution < 1.29 is 4.79 Å². The summed E-state index contributed by atoms with van der Waals surface area (Å²) in [5.41, 5.74) is 1.64. The van der Waals surface area contributed by atoms with Crippen LogP contribution in [0.1, 0.15) is 0 Å². The molecule has 0 aliphatic heterocycles. The number of carbonyl (C=O) groups excluding carboxylic acids is 1. The average Bonchev–Trinajstić information content (AvgIpc) is 3.01. The van der Waals surface area contributed by atoms with Gasteiger partial charge in [0.2, 0.25) is 0 Å². The molecule has 0 atom stereocenters. The van der Waals surface area contributed by atoms with Crippen molar-refractivity contribution >= 4 is 73.6 Å². The molecular weight excluding hydrogens is 352 g/mol. The zero-order valence-corrected chi connectivity index (χ0v) is 14.3. The highest BCUT2D eigenvalue weighted by molar-refractivity contribution is 7.74. The Morgan fingerprint density at radius 1 is 0.773 bits per heavy atom. The molecule has 2 aromatic heterocycles. The standard InChI is InChI=1S/C15H8N2OS4/c18-13(16-9-5-1-3-7-11(9)21-14(16)19)17-10-6-2-4-8-12(10)22-15(17)20/h1-8H. The monoisotopic (exact) mass is 360 g/mol. The fourth-order valence-corrected chi connectivity index (χ4v) is 5.02. The van der Waals surface area contributed by atoms with Crippen molar-refractivity contribution in [1.29, 1.82) is 0 Å². The molecule has 0 aliphatic rings. The molecule has 0 bridgehead atoms. The van der Waals surface area contributed by atoms with Gasteiger partial charge in [0.1, 0.15) is 0 Å². The third-order valence-electron chi connectivity index (χ3n) is 3.35. The van der Waals surface area contributed by atoms with E-state index in [1.807, 2.05) is 48.5 Å². The van der Waals surface area contributed by atoms with Crippen molar-refractivity contribution in [2.45, 2.75) is 0 Å². The Morgan fingerprint density at radius 3 is 1.64 bits per heavy atom. The average molecular weight is 361 g/mol. The van der Waals surface area contributed by atoms with Gasteiger partial charge in [-0.05, 0) is 48.7 Å². The number of nitrogens with zero attached hydrogens (tertiary/aromatic N) is 2. The lowest BCUT2D eigenvalue weighted by molar-refractivity contribution is 0.245. The lowest BCUT2D eigenvalue weighted by Gasteiger charge is -2.05. The number of fused-ring (bicyclic) bond motifs is 2. The number of aromatic nitrogens is 2. The predicted octanol–water partition coefficient (Wildman–Crippen LogP) is 5.69. The summed E-state index contributed by atoms with van der Waals surface area (Å²) < 4.78 is 6.17. The lowest BCUT2D eigenvalue weighted by atomic mass is 10.3. The minimum Gasteiger partial charge on any atom is -0.247 e. The van der Waals surface area contributed by atoms with Crippen LogP contribution in [0.15, 0.2) is 48.5 Å². The molecule has 0 unspecified atom stereocenters. The molecule has 0 saturated carbocycles. The molecule has 22 heavy (non-hydrogen) atoms. The molecule has 0 N–H and O–H groups in total. The van der Waals surface area contributed by atoms with Gasteiger partial charge in [0, 0.05) is 0 Å². The lowest BCUT2D eigenvalue weighted by Crippen LogP contribution is -2.18. The van der Waals surface area contributed by atoms with Gasteiger partial charge in [-0.2, -0.15) is 0 Å². The van der Waals surface area contributed by atoms with Crippen LogP contribution in [0.25, 0.3) is 20.4 Å². The molecule has 2 aromatic carbocycles. The second-order valence-electron chi connectivity index (χ2n) is 4.62. The van der Waals surface area contributed by atoms with Gasteiger partial charge in [0.25, 0.3) is 0 Å². The van der Waals surface area contributed by atoms with E-state index in [4.69, 9.17) is 24.4 Å². The first-order chi connectivity index (χ1) is 10.7. The smallest absolute Gasteiger partial charge is 0.247 e. The number of thiazole rings is 2. The van der Waals surface area contributed by atoms with Crippen molar-refractivity contribution in [3.05, 3.63) is 56.4 Å². The maximum absolute atomic E-state index is 13.0. The molecule has 0 fully saturated rings. The Hall–Kier alpha value is -1.67. The van der Waals surface area contributed by atoms with E-state index >= 15 is 0 Å². The van der Waals surface area contributed by atoms with Crippen molar-refractivity contribution in [3.63, 3.8) is 0 Å². The van der Waals surface area contributed by atoms with Crippen molar-refractivity contribution in [1.82, 2.24) is 9.13 Å². The molecule has 7 heteroatoms. The van der Waals surface area contributed by atoms with Gasteiger partial charge in [-0.1, -0.05) is 24.3 Å². The van der Waals surface area contributed by atoms with Crippen LogP contribution in [0.5, 0.6) is 0 Å². The predicted molar refractivity (Wildman–Crippen MR) is 97.5 cm³/mol. The highest BCUT2D eigenvalue weighted by Gasteiger charge is 2.17. The first-order valence-electron chi connectivity index (χ1n) is 6.43. The quantitative estimate of drug-likeness (QED) is 0.377. The number of rotatable bonds is 0. The minimum atomic E-state index is -0.218. The van der Waals surface area contributed by atoms with E-state index in [-0.39, 0.29) is 6.03 Å². The second-order valence-corrected chi connectivity index (χ2v) is 7.98.